The van der Waals surface area contributed by atoms with Crippen molar-refractivity contribution in [1.29, 1.82) is 0 Å². The molecular weight excluding hydrogens is 368 g/mol. The number of fused-ring (bicyclic) bond motifs is 1. The van der Waals surface area contributed by atoms with Gasteiger partial charge in [-0.1, -0.05) is 25.5 Å². The Balaban J connectivity index is 1.36. The third-order valence-corrected chi connectivity index (χ3v) is 6.56. The lowest BCUT2D eigenvalue weighted by molar-refractivity contribution is -0.126. The molecule has 0 saturated carbocycles. The number of carbonyl (C=O) groups excluding carboxylic acids is 1. The summed E-state index contributed by atoms with van der Waals surface area (Å²) in [5.41, 5.74) is 3.30. The van der Waals surface area contributed by atoms with E-state index in [0.717, 1.165) is 55.8 Å². The Hall–Kier alpha value is -2.34. The number of rotatable bonds is 6. The molecule has 28 heavy (non-hydrogen) atoms. The van der Waals surface area contributed by atoms with Crippen molar-refractivity contribution >= 4 is 34.2 Å². The van der Waals surface area contributed by atoms with Gasteiger partial charge < -0.3 is 15.2 Å². The van der Waals surface area contributed by atoms with Crippen molar-refractivity contribution in [1.82, 2.24) is 15.3 Å². The quantitative estimate of drug-likeness (QED) is 0.629. The fourth-order valence-electron chi connectivity index (χ4n) is 3.97. The van der Waals surface area contributed by atoms with Gasteiger partial charge in [0.25, 0.3) is 0 Å². The van der Waals surface area contributed by atoms with Gasteiger partial charge in [-0.15, -0.1) is 11.3 Å². The number of thiophene rings is 1. The largest absolute Gasteiger partial charge is 0.348 e. The predicted molar refractivity (Wildman–Crippen MR) is 116 cm³/mol. The van der Waals surface area contributed by atoms with E-state index in [1.165, 1.54) is 10.4 Å². The minimum absolute atomic E-state index is 0.0854. The van der Waals surface area contributed by atoms with Crippen molar-refractivity contribution in [2.75, 3.05) is 18.0 Å². The summed E-state index contributed by atoms with van der Waals surface area (Å²) < 4.78 is 0. The number of aryl methyl sites for hydroxylation is 1. The Morgan fingerprint density at radius 3 is 2.89 bits per heavy atom. The van der Waals surface area contributed by atoms with Crippen LogP contribution in [0, 0.1) is 12.8 Å². The number of benzene rings is 1. The van der Waals surface area contributed by atoms with E-state index in [1.54, 1.807) is 11.3 Å². The zero-order valence-corrected chi connectivity index (χ0v) is 17.4. The Morgan fingerprint density at radius 1 is 1.36 bits per heavy atom. The molecule has 0 spiro atoms. The smallest absolute Gasteiger partial charge is 0.223 e. The molecule has 3 heterocycles. The van der Waals surface area contributed by atoms with Crippen LogP contribution in [0.25, 0.3) is 11.0 Å². The van der Waals surface area contributed by atoms with Crippen molar-refractivity contribution in [2.24, 2.45) is 5.92 Å². The number of hydrogen-bond acceptors (Lipinski definition) is 4. The summed E-state index contributed by atoms with van der Waals surface area (Å²) in [6, 6.07) is 10.6. The molecule has 1 aliphatic rings. The van der Waals surface area contributed by atoms with Crippen molar-refractivity contribution in [3.05, 3.63) is 46.2 Å². The van der Waals surface area contributed by atoms with Gasteiger partial charge in [0, 0.05) is 23.9 Å². The van der Waals surface area contributed by atoms with Gasteiger partial charge in [-0.2, -0.15) is 0 Å². The molecule has 1 saturated heterocycles. The van der Waals surface area contributed by atoms with Gasteiger partial charge in [0.05, 0.1) is 17.1 Å². The van der Waals surface area contributed by atoms with Gasteiger partial charge in [-0.3, -0.25) is 4.79 Å². The van der Waals surface area contributed by atoms with Crippen molar-refractivity contribution in [2.45, 2.75) is 45.6 Å². The summed E-state index contributed by atoms with van der Waals surface area (Å²) in [6.07, 6.45) is 3.78. The third kappa shape index (κ3) is 4.07. The number of anilines is 1. The molecule has 1 fully saturated rings. The standard InChI is InChI=1S/C22H28N4OS/c1-3-5-18(20-6-4-13-28-20)23-21(27)16-9-11-26(12-10-16)22-24-17-8-7-15(2)14-19(17)25-22/h4,6-8,13-14,16,18H,3,5,9-12H2,1-2H3,(H,23,27)(H,24,25). The lowest BCUT2D eigenvalue weighted by atomic mass is 9.95. The van der Waals surface area contributed by atoms with Gasteiger partial charge in [-0.05, 0) is 55.3 Å². The van der Waals surface area contributed by atoms with Gasteiger partial charge in [0.1, 0.15) is 0 Å². The van der Waals surface area contributed by atoms with Crippen LogP contribution in [-0.4, -0.2) is 29.0 Å². The van der Waals surface area contributed by atoms with Crippen molar-refractivity contribution < 1.29 is 4.79 Å². The van der Waals surface area contributed by atoms with Crippen LogP contribution in [0.15, 0.2) is 35.7 Å². The number of carbonyl (C=O) groups is 1. The zero-order chi connectivity index (χ0) is 19.5. The lowest BCUT2D eigenvalue weighted by Gasteiger charge is -2.32. The Morgan fingerprint density at radius 2 is 2.18 bits per heavy atom. The summed E-state index contributed by atoms with van der Waals surface area (Å²) in [7, 11) is 0. The maximum absolute atomic E-state index is 12.9. The highest BCUT2D eigenvalue weighted by molar-refractivity contribution is 7.10. The fourth-order valence-corrected chi connectivity index (χ4v) is 4.78. The van der Waals surface area contributed by atoms with E-state index in [9.17, 15) is 4.79 Å². The van der Waals surface area contributed by atoms with E-state index in [2.05, 4.69) is 64.8 Å². The second-order valence-electron chi connectivity index (χ2n) is 7.71. The second-order valence-corrected chi connectivity index (χ2v) is 8.69. The number of imidazole rings is 1. The first-order valence-electron chi connectivity index (χ1n) is 10.2. The number of piperidine rings is 1. The van der Waals surface area contributed by atoms with E-state index in [0.29, 0.717) is 0 Å². The molecule has 1 unspecified atom stereocenters. The topological polar surface area (TPSA) is 61.0 Å². The Kier molecular flexibility index (Phi) is 5.67. The molecule has 1 aliphatic heterocycles. The normalized spacial score (nSPS) is 16.4. The molecule has 4 rings (SSSR count). The third-order valence-electron chi connectivity index (χ3n) is 5.57. The molecule has 2 N–H and O–H groups in total. The van der Waals surface area contributed by atoms with E-state index >= 15 is 0 Å². The summed E-state index contributed by atoms with van der Waals surface area (Å²) in [5.74, 6) is 1.20. The number of aromatic nitrogens is 2. The summed E-state index contributed by atoms with van der Waals surface area (Å²) in [4.78, 5) is 24.5. The maximum Gasteiger partial charge on any atom is 0.223 e. The van der Waals surface area contributed by atoms with E-state index < -0.39 is 0 Å². The molecule has 6 heteroatoms. The highest BCUT2D eigenvalue weighted by Gasteiger charge is 2.28. The van der Waals surface area contributed by atoms with Crippen LogP contribution in [0.2, 0.25) is 0 Å². The van der Waals surface area contributed by atoms with Crippen LogP contribution in [0.3, 0.4) is 0 Å². The molecule has 0 aliphatic carbocycles. The monoisotopic (exact) mass is 396 g/mol. The summed E-state index contributed by atoms with van der Waals surface area (Å²) in [5, 5.41) is 5.38. The van der Waals surface area contributed by atoms with Gasteiger partial charge >= 0.3 is 0 Å². The highest BCUT2D eigenvalue weighted by Crippen LogP contribution is 2.27. The molecule has 0 bridgehead atoms. The predicted octanol–water partition coefficient (Wildman–Crippen LogP) is 4.81. The maximum atomic E-state index is 12.9. The zero-order valence-electron chi connectivity index (χ0n) is 16.6. The van der Waals surface area contributed by atoms with E-state index in [-0.39, 0.29) is 17.9 Å². The number of amides is 1. The summed E-state index contributed by atoms with van der Waals surface area (Å²) >= 11 is 1.72. The fraction of sp³-hybridized carbons (Fsp3) is 0.455. The second kappa shape index (κ2) is 8.35. The van der Waals surface area contributed by atoms with Crippen molar-refractivity contribution in [3.63, 3.8) is 0 Å². The Labute approximate surface area is 170 Å². The SMILES string of the molecule is CCCC(NC(=O)C1CCN(c2nc3ccc(C)cc3[nH]2)CC1)c1cccs1. The highest BCUT2D eigenvalue weighted by atomic mass is 32.1. The number of hydrogen-bond donors (Lipinski definition) is 2. The molecule has 0 radical (unpaired) electrons. The first-order chi connectivity index (χ1) is 13.6. The van der Waals surface area contributed by atoms with Crippen molar-refractivity contribution in [3.8, 4) is 0 Å². The van der Waals surface area contributed by atoms with Crippen LogP contribution in [-0.2, 0) is 4.79 Å². The van der Waals surface area contributed by atoms with Crippen LogP contribution in [0.4, 0.5) is 5.95 Å². The van der Waals surface area contributed by atoms with Crippen LogP contribution >= 0.6 is 11.3 Å². The van der Waals surface area contributed by atoms with Crippen LogP contribution in [0.1, 0.15) is 49.1 Å². The minimum Gasteiger partial charge on any atom is -0.348 e. The lowest BCUT2D eigenvalue weighted by Crippen LogP contribution is -2.41. The first-order valence-corrected chi connectivity index (χ1v) is 11.1. The average molecular weight is 397 g/mol. The molecule has 1 aromatic carbocycles. The average Bonchev–Trinajstić information content (AvgIpc) is 3.37. The molecule has 5 nitrogen and oxygen atoms in total. The van der Waals surface area contributed by atoms with Crippen LogP contribution < -0.4 is 10.2 Å². The van der Waals surface area contributed by atoms with Gasteiger partial charge in [0.2, 0.25) is 11.9 Å². The molecular formula is C22H28N4OS. The van der Waals surface area contributed by atoms with E-state index in [1.807, 2.05) is 0 Å². The van der Waals surface area contributed by atoms with Crippen LogP contribution in [0.5, 0.6) is 0 Å². The number of nitrogens with one attached hydrogen (secondary N) is 2. The first kappa shape index (κ1) is 19.0. The molecule has 2 aromatic heterocycles. The van der Waals surface area contributed by atoms with Gasteiger partial charge in [-0.25, -0.2) is 4.98 Å². The Bertz CT molecular complexity index is 925. The molecule has 1 atom stereocenters. The van der Waals surface area contributed by atoms with Gasteiger partial charge in [0.15, 0.2) is 0 Å². The molecule has 3 aromatic rings. The summed E-state index contributed by atoms with van der Waals surface area (Å²) in [6.45, 7) is 5.97. The number of aromatic amines is 1. The number of H-pyrrole nitrogens is 1. The number of nitrogens with zero attached hydrogens (tertiary/aromatic N) is 2. The molecule has 1 amide bonds. The molecule has 148 valence electrons. The van der Waals surface area contributed by atoms with E-state index in [4.69, 9.17) is 4.98 Å². The minimum atomic E-state index is 0.0854.